The molecule has 0 N–H and O–H groups in total. The maximum Gasteiger partial charge on any atom is 0.171 e. The van der Waals surface area contributed by atoms with E-state index in [1.54, 1.807) is 17.4 Å². The van der Waals surface area contributed by atoms with Gasteiger partial charge in [0.15, 0.2) is 5.82 Å². The summed E-state index contributed by atoms with van der Waals surface area (Å²) in [7, 11) is 0. The Morgan fingerprint density at radius 1 is 1.00 bits per heavy atom. The van der Waals surface area contributed by atoms with Gasteiger partial charge in [0.05, 0.1) is 10.4 Å². The van der Waals surface area contributed by atoms with Crippen molar-refractivity contribution in [2.45, 2.75) is 0 Å². The van der Waals surface area contributed by atoms with Crippen LogP contribution in [0.4, 0.5) is 4.39 Å². The van der Waals surface area contributed by atoms with Crippen molar-refractivity contribution in [3.63, 3.8) is 0 Å². The standard InChI is InChI=1S/C16H8ClFN2S/c17-15-11-8-10(18)5-6-12(11)19-16(20-15)14-7-9-3-1-2-4-13(9)21-14/h1-8H. The van der Waals surface area contributed by atoms with Gasteiger partial charge in [0, 0.05) is 10.1 Å². The lowest BCUT2D eigenvalue weighted by Crippen LogP contribution is -1.90. The Labute approximate surface area is 128 Å². The minimum absolute atomic E-state index is 0.270. The van der Waals surface area contributed by atoms with E-state index in [0.717, 1.165) is 10.3 Å². The molecule has 2 heterocycles. The van der Waals surface area contributed by atoms with Crippen molar-refractivity contribution >= 4 is 43.9 Å². The zero-order chi connectivity index (χ0) is 14.4. The van der Waals surface area contributed by atoms with Crippen LogP contribution in [0.2, 0.25) is 5.15 Å². The fraction of sp³-hybridized carbons (Fsp3) is 0. The monoisotopic (exact) mass is 314 g/mol. The van der Waals surface area contributed by atoms with E-state index >= 15 is 0 Å². The van der Waals surface area contributed by atoms with Crippen LogP contribution in [0.25, 0.3) is 31.7 Å². The molecule has 0 fully saturated rings. The molecule has 0 unspecified atom stereocenters. The van der Waals surface area contributed by atoms with E-state index in [4.69, 9.17) is 11.6 Å². The summed E-state index contributed by atoms with van der Waals surface area (Å²) < 4.78 is 14.4. The van der Waals surface area contributed by atoms with Gasteiger partial charge in [0.25, 0.3) is 0 Å². The number of fused-ring (bicyclic) bond motifs is 2. The van der Waals surface area contributed by atoms with Crippen LogP contribution in [0.15, 0.2) is 48.5 Å². The molecule has 0 spiro atoms. The summed E-state index contributed by atoms with van der Waals surface area (Å²) >= 11 is 7.78. The third-order valence-corrected chi connectivity index (χ3v) is 4.66. The topological polar surface area (TPSA) is 25.8 Å². The normalized spacial score (nSPS) is 11.3. The first kappa shape index (κ1) is 12.7. The molecule has 0 aliphatic heterocycles. The van der Waals surface area contributed by atoms with E-state index in [-0.39, 0.29) is 11.0 Å². The molecule has 4 rings (SSSR count). The van der Waals surface area contributed by atoms with Crippen molar-refractivity contribution in [1.29, 1.82) is 0 Å². The Kier molecular flexibility index (Phi) is 2.87. The van der Waals surface area contributed by atoms with Crippen molar-refractivity contribution in [2.24, 2.45) is 0 Å². The highest BCUT2D eigenvalue weighted by molar-refractivity contribution is 7.22. The predicted octanol–water partition coefficient (Wildman–Crippen LogP) is 5.30. The molecule has 0 amide bonds. The van der Waals surface area contributed by atoms with Crippen molar-refractivity contribution < 1.29 is 4.39 Å². The van der Waals surface area contributed by atoms with Gasteiger partial charge in [0.1, 0.15) is 11.0 Å². The van der Waals surface area contributed by atoms with Crippen LogP contribution < -0.4 is 0 Å². The largest absolute Gasteiger partial charge is 0.227 e. The summed E-state index contributed by atoms with van der Waals surface area (Å²) in [4.78, 5) is 9.75. The fourth-order valence-corrected chi connectivity index (χ4v) is 3.49. The zero-order valence-corrected chi connectivity index (χ0v) is 12.2. The smallest absolute Gasteiger partial charge is 0.171 e. The van der Waals surface area contributed by atoms with Crippen LogP contribution in [-0.2, 0) is 0 Å². The van der Waals surface area contributed by atoms with Gasteiger partial charge in [0.2, 0.25) is 0 Å². The van der Waals surface area contributed by atoms with Crippen molar-refractivity contribution in [3.05, 3.63) is 59.5 Å². The summed E-state index contributed by atoms with van der Waals surface area (Å²) in [6.07, 6.45) is 0. The third kappa shape index (κ3) is 2.17. The van der Waals surface area contributed by atoms with Crippen molar-refractivity contribution in [3.8, 4) is 10.7 Å². The maximum atomic E-state index is 13.3. The summed E-state index contributed by atoms with van der Waals surface area (Å²) in [5, 5.41) is 1.95. The number of nitrogens with zero attached hydrogens (tertiary/aromatic N) is 2. The second-order valence-corrected chi connectivity index (χ2v) is 6.09. The van der Waals surface area contributed by atoms with Crippen LogP contribution >= 0.6 is 22.9 Å². The first-order chi connectivity index (χ1) is 10.2. The molecule has 0 aliphatic rings. The first-order valence-corrected chi connectivity index (χ1v) is 7.52. The van der Waals surface area contributed by atoms with E-state index in [9.17, 15) is 4.39 Å². The number of hydrogen-bond acceptors (Lipinski definition) is 3. The van der Waals surface area contributed by atoms with Gasteiger partial charge in [-0.15, -0.1) is 11.3 Å². The van der Waals surface area contributed by atoms with E-state index < -0.39 is 0 Å². The molecule has 0 saturated carbocycles. The number of thiophene rings is 1. The molecule has 21 heavy (non-hydrogen) atoms. The van der Waals surface area contributed by atoms with Crippen LogP contribution in [0.3, 0.4) is 0 Å². The average Bonchev–Trinajstić information content (AvgIpc) is 2.92. The van der Waals surface area contributed by atoms with Gasteiger partial charge in [-0.25, -0.2) is 14.4 Å². The summed E-state index contributed by atoms with van der Waals surface area (Å²) in [5.41, 5.74) is 0.642. The molecular formula is C16H8ClFN2S. The number of benzene rings is 2. The van der Waals surface area contributed by atoms with Gasteiger partial charge in [-0.05, 0) is 35.7 Å². The Morgan fingerprint density at radius 3 is 2.71 bits per heavy atom. The van der Waals surface area contributed by atoms with Crippen LogP contribution in [-0.4, -0.2) is 9.97 Å². The van der Waals surface area contributed by atoms with Gasteiger partial charge in [-0.2, -0.15) is 0 Å². The minimum Gasteiger partial charge on any atom is -0.227 e. The highest BCUT2D eigenvalue weighted by Gasteiger charge is 2.11. The molecule has 102 valence electrons. The molecule has 2 nitrogen and oxygen atoms in total. The second-order valence-electron chi connectivity index (χ2n) is 4.65. The Hall–Kier alpha value is -2.04. The highest BCUT2D eigenvalue weighted by Crippen LogP contribution is 2.33. The van der Waals surface area contributed by atoms with Crippen molar-refractivity contribution in [1.82, 2.24) is 9.97 Å². The molecule has 0 aliphatic carbocycles. The lowest BCUT2D eigenvalue weighted by Gasteiger charge is -2.02. The van der Waals surface area contributed by atoms with E-state index in [2.05, 4.69) is 16.0 Å². The molecule has 5 heteroatoms. The molecule has 2 aromatic carbocycles. The number of halogens is 2. The van der Waals surface area contributed by atoms with Gasteiger partial charge >= 0.3 is 0 Å². The molecule has 0 bridgehead atoms. The van der Waals surface area contributed by atoms with Crippen LogP contribution in [0.5, 0.6) is 0 Å². The lowest BCUT2D eigenvalue weighted by molar-refractivity contribution is 0.629. The molecule has 0 radical (unpaired) electrons. The van der Waals surface area contributed by atoms with Gasteiger partial charge in [-0.3, -0.25) is 0 Å². The molecule has 4 aromatic rings. The second kappa shape index (κ2) is 4.76. The minimum atomic E-state index is -0.345. The maximum absolute atomic E-state index is 13.3. The van der Waals surface area contributed by atoms with Crippen LogP contribution in [0, 0.1) is 5.82 Å². The fourth-order valence-electron chi connectivity index (χ4n) is 2.27. The number of aromatic nitrogens is 2. The van der Waals surface area contributed by atoms with Crippen molar-refractivity contribution in [2.75, 3.05) is 0 Å². The lowest BCUT2D eigenvalue weighted by atomic mass is 10.2. The summed E-state index contributed by atoms with van der Waals surface area (Å²) in [6, 6.07) is 14.5. The number of rotatable bonds is 1. The summed E-state index contributed by atoms with van der Waals surface area (Å²) in [5.74, 6) is 0.225. The Morgan fingerprint density at radius 2 is 1.86 bits per heavy atom. The molecule has 0 saturated heterocycles. The Bertz CT molecular complexity index is 948. The molecule has 2 aromatic heterocycles. The SMILES string of the molecule is Fc1ccc2nc(-c3cc4ccccc4s3)nc(Cl)c2c1. The van der Waals surface area contributed by atoms with Crippen LogP contribution in [0.1, 0.15) is 0 Å². The number of hydrogen-bond donors (Lipinski definition) is 0. The zero-order valence-electron chi connectivity index (χ0n) is 10.7. The van der Waals surface area contributed by atoms with E-state index in [1.165, 1.54) is 16.8 Å². The first-order valence-electron chi connectivity index (χ1n) is 6.32. The molecule has 0 atom stereocenters. The average molecular weight is 315 g/mol. The Balaban J connectivity index is 1.95. The summed E-state index contributed by atoms with van der Waals surface area (Å²) in [6.45, 7) is 0. The highest BCUT2D eigenvalue weighted by atomic mass is 35.5. The molecular weight excluding hydrogens is 307 g/mol. The third-order valence-electron chi connectivity index (χ3n) is 3.26. The van der Waals surface area contributed by atoms with E-state index in [1.807, 2.05) is 24.3 Å². The van der Waals surface area contributed by atoms with Gasteiger partial charge < -0.3 is 0 Å². The van der Waals surface area contributed by atoms with E-state index in [0.29, 0.717) is 16.7 Å². The quantitative estimate of drug-likeness (QED) is 0.445. The predicted molar refractivity (Wildman–Crippen MR) is 85.3 cm³/mol. The van der Waals surface area contributed by atoms with Gasteiger partial charge in [-0.1, -0.05) is 29.8 Å².